The maximum atomic E-state index is 13.2. The van der Waals surface area contributed by atoms with Crippen LogP contribution in [-0.4, -0.2) is 6.54 Å². The van der Waals surface area contributed by atoms with Crippen molar-refractivity contribution < 1.29 is 8.78 Å². The highest BCUT2D eigenvalue weighted by Gasteiger charge is 2.19. The van der Waals surface area contributed by atoms with Crippen LogP contribution in [-0.2, 0) is 0 Å². The summed E-state index contributed by atoms with van der Waals surface area (Å²) in [5.74, 6) is -0.960. The van der Waals surface area contributed by atoms with E-state index in [1.54, 1.807) is 0 Å². The summed E-state index contributed by atoms with van der Waals surface area (Å²) < 4.78 is 25.8. The van der Waals surface area contributed by atoms with E-state index in [1.165, 1.54) is 12.1 Å². The SMILES string of the molecule is Cl.Fc1ccc([C@@H]2CCCN2)c(F)c1. The molecule has 0 unspecified atom stereocenters. The lowest BCUT2D eigenvalue weighted by Gasteiger charge is -2.10. The van der Waals surface area contributed by atoms with Crippen molar-refractivity contribution in [3.63, 3.8) is 0 Å². The number of rotatable bonds is 1. The number of hydrogen-bond donors (Lipinski definition) is 1. The van der Waals surface area contributed by atoms with E-state index in [4.69, 9.17) is 0 Å². The molecule has 0 spiro atoms. The minimum Gasteiger partial charge on any atom is -0.310 e. The predicted octanol–water partition coefficient (Wildman–Crippen LogP) is 2.81. The maximum absolute atomic E-state index is 13.2. The van der Waals surface area contributed by atoms with Gasteiger partial charge in [0.15, 0.2) is 0 Å². The van der Waals surface area contributed by atoms with Crippen molar-refractivity contribution in [3.8, 4) is 0 Å². The van der Waals surface area contributed by atoms with Crippen LogP contribution in [0.25, 0.3) is 0 Å². The lowest BCUT2D eigenvalue weighted by atomic mass is 10.0. The molecule has 1 aliphatic rings. The zero-order valence-electron chi connectivity index (χ0n) is 7.59. The number of benzene rings is 1. The molecule has 0 saturated carbocycles. The second-order valence-electron chi connectivity index (χ2n) is 3.31. The Morgan fingerprint density at radius 3 is 2.64 bits per heavy atom. The van der Waals surface area contributed by atoms with Crippen LogP contribution in [0.2, 0.25) is 0 Å². The van der Waals surface area contributed by atoms with Crippen molar-refractivity contribution in [2.24, 2.45) is 0 Å². The normalized spacial score (nSPS) is 20.6. The largest absolute Gasteiger partial charge is 0.310 e. The summed E-state index contributed by atoms with van der Waals surface area (Å²) in [4.78, 5) is 0. The van der Waals surface area contributed by atoms with E-state index in [1.807, 2.05) is 0 Å². The Kier molecular flexibility index (Phi) is 3.84. The summed E-state index contributed by atoms with van der Waals surface area (Å²) in [6.45, 7) is 0.918. The van der Waals surface area contributed by atoms with Crippen LogP contribution >= 0.6 is 12.4 Å². The summed E-state index contributed by atoms with van der Waals surface area (Å²) in [6.07, 6.45) is 1.99. The van der Waals surface area contributed by atoms with Gasteiger partial charge >= 0.3 is 0 Å². The number of nitrogens with one attached hydrogen (secondary N) is 1. The Balaban J connectivity index is 0.000000980. The first-order valence-corrected chi connectivity index (χ1v) is 4.46. The molecule has 0 aromatic heterocycles. The van der Waals surface area contributed by atoms with Crippen molar-refractivity contribution in [2.75, 3.05) is 6.54 Å². The van der Waals surface area contributed by atoms with Gasteiger partial charge in [0, 0.05) is 17.7 Å². The number of hydrogen-bond acceptors (Lipinski definition) is 1. The van der Waals surface area contributed by atoms with E-state index in [-0.39, 0.29) is 18.4 Å². The molecule has 0 aliphatic carbocycles. The highest BCUT2D eigenvalue weighted by molar-refractivity contribution is 5.85. The molecule has 0 bridgehead atoms. The highest BCUT2D eigenvalue weighted by Crippen LogP contribution is 2.25. The molecule has 1 N–H and O–H groups in total. The maximum Gasteiger partial charge on any atom is 0.130 e. The monoisotopic (exact) mass is 219 g/mol. The molecule has 0 radical (unpaired) electrons. The Bertz CT molecular complexity index is 311. The van der Waals surface area contributed by atoms with E-state index in [9.17, 15) is 8.78 Å². The summed E-state index contributed by atoms with van der Waals surface area (Å²) in [5.41, 5.74) is 0.582. The molecule has 4 heteroatoms. The summed E-state index contributed by atoms with van der Waals surface area (Å²) in [6, 6.07) is 3.84. The summed E-state index contributed by atoms with van der Waals surface area (Å²) >= 11 is 0. The molecule has 1 aromatic rings. The minimum atomic E-state index is -0.515. The van der Waals surface area contributed by atoms with E-state index in [0.717, 1.165) is 25.5 Å². The van der Waals surface area contributed by atoms with E-state index in [2.05, 4.69) is 5.32 Å². The zero-order valence-corrected chi connectivity index (χ0v) is 8.41. The van der Waals surface area contributed by atoms with Gasteiger partial charge in [-0.25, -0.2) is 8.78 Å². The summed E-state index contributed by atoms with van der Waals surface area (Å²) in [7, 11) is 0. The predicted molar refractivity (Wildman–Crippen MR) is 53.6 cm³/mol. The molecular formula is C10H12ClF2N. The molecule has 1 aromatic carbocycles. The molecule has 1 saturated heterocycles. The van der Waals surface area contributed by atoms with Gasteiger partial charge in [-0.05, 0) is 25.5 Å². The lowest BCUT2D eigenvalue weighted by molar-refractivity contribution is 0.540. The molecular weight excluding hydrogens is 208 g/mol. The molecule has 1 fully saturated rings. The van der Waals surface area contributed by atoms with Crippen molar-refractivity contribution in [2.45, 2.75) is 18.9 Å². The van der Waals surface area contributed by atoms with Crippen molar-refractivity contribution in [1.29, 1.82) is 0 Å². The van der Waals surface area contributed by atoms with Crippen LogP contribution in [0.15, 0.2) is 18.2 Å². The second-order valence-corrected chi connectivity index (χ2v) is 3.31. The Morgan fingerprint density at radius 2 is 2.07 bits per heavy atom. The molecule has 78 valence electrons. The molecule has 0 amide bonds. The fraction of sp³-hybridized carbons (Fsp3) is 0.400. The van der Waals surface area contributed by atoms with Crippen molar-refractivity contribution in [1.82, 2.24) is 5.32 Å². The first-order valence-electron chi connectivity index (χ1n) is 4.46. The highest BCUT2D eigenvalue weighted by atomic mass is 35.5. The van der Waals surface area contributed by atoms with Gasteiger partial charge in [0.1, 0.15) is 11.6 Å². The van der Waals surface area contributed by atoms with E-state index < -0.39 is 11.6 Å². The first kappa shape index (κ1) is 11.4. The number of halogens is 3. The third kappa shape index (κ3) is 2.22. The minimum absolute atomic E-state index is 0. The zero-order chi connectivity index (χ0) is 9.26. The third-order valence-electron chi connectivity index (χ3n) is 2.40. The smallest absolute Gasteiger partial charge is 0.130 e. The fourth-order valence-corrected chi connectivity index (χ4v) is 1.73. The van der Waals surface area contributed by atoms with Crippen LogP contribution in [0.1, 0.15) is 24.4 Å². The lowest BCUT2D eigenvalue weighted by Crippen LogP contribution is -2.14. The molecule has 1 aliphatic heterocycles. The third-order valence-corrected chi connectivity index (χ3v) is 2.40. The second kappa shape index (κ2) is 4.71. The Labute approximate surface area is 87.9 Å². The Hall–Kier alpha value is -0.670. The van der Waals surface area contributed by atoms with Crippen LogP contribution in [0, 0.1) is 11.6 Å². The van der Waals surface area contributed by atoms with Crippen molar-refractivity contribution in [3.05, 3.63) is 35.4 Å². The average molecular weight is 220 g/mol. The molecule has 1 atom stereocenters. The molecule has 1 heterocycles. The van der Waals surface area contributed by atoms with Gasteiger partial charge in [0.2, 0.25) is 0 Å². The molecule has 14 heavy (non-hydrogen) atoms. The van der Waals surface area contributed by atoms with E-state index in [0.29, 0.717) is 5.56 Å². The van der Waals surface area contributed by atoms with Gasteiger partial charge in [0.05, 0.1) is 0 Å². The van der Waals surface area contributed by atoms with Crippen LogP contribution in [0.4, 0.5) is 8.78 Å². The topological polar surface area (TPSA) is 12.0 Å². The van der Waals surface area contributed by atoms with Crippen LogP contribution in [0.3, 0.4) is 0 Å². The van der Waals surface area contributed by atoms with Gasteiger partial charge in [-0.1, -0.05) is 6.07 Å². The van der Waals surface area contributed by atoms with Crippen LogP contribution in [0.5, 0.6) is 0 Å². The van der Waals surface area contributed by atoms with Gasteiger partial charge in [-0.2, -0.15) is 0 Å². The molecule has 2 rings (SSSR count). The van der Waals surface area contributed by atoms with Crippen molar-refractivity contribution >= 4 is 12.4 Å². The average Bonchev–Trinajstić information content (AvgIpc) is 2.56. The quantitative estimate of drug-likeness (QED) is 0.766. The van der Waals surface area contributed by atoms with Gasteiger partial charge in [-0.3, -0.25) is 0 Å². The fourth-order valence-electron chi connectivity index (χ4n) is 1.73. The van der Waals surface area contributed by atoms with Crippen LogP contribution < -0.4 is 5.32 Å². The van der Waals surface area contributed by atoms with Gasteiger partial charge in [0.25, 0.3) is 0 Å². The molecule has 1 nitrogen and oxygen atoms in total. The standard InChI is InChI=1S/C10H11F2N.ClH/c11-7-3-4-8(9(12)6-7)10-2-1-5-13-10;/h3-4,6,10,13H,1-2,5H2;1H/t10-;/m0./s1. The Morgan fingerprint density at radius 1 is 1.29 bits per heavy atom. The van der Waals surface area contributed by atoms with Gasteiger partial charge < -0.3 is 5.32 Å². The summed E-state index contributed by atoms with van der Waals surface area (Å²) in [5, 5.41) is 3.17. The first-order chi connectivity index (χ1) is 6.27. The van der Waals surface area contributed by atoms with E-state index >= 15 is 0 Å². The van der Waals surface area contributed by atoms with Gasteiger partial charge in [-0.15, -0.1) is 12.4 Å².